The van der Waals surface area contributed by atoms with Crippen molar-refractivity contribution in [3.05, 3.63) is 53.3 Å². The third-order valence-electron chi connectivity index (χ3n) is 3.82. The lowest BCUT2D eigenvalue weighted by Gasteiger charge is -2.26. The first-order chi connectivity index (χ1) is 12.0. The van der Waals surface area contributed by atoms with Gasteiger partial charge in [0, 0.05) is 48.4 Å². The smallest absolute Gasteiger partial charge is 0.223 e. The molecule has 3 aromatic heterocycles. The predicted octanol–water partition coefficient (Wildman–Crippen LogP) is 2.80. The van der Waals surface area contributed by atoms with Crippen molar-refractivity contribution in [3.63, 3.8) is 0 Å². The first-order valence-corrected chi connectivity index (χ1v) is 8.24. The molecule has 3 heterocycles. The van der Waals surface area contributed by atoms with Crippen LogP contribution in [-0.4, -0.2) is 36.9 Å². The van der Waals surface area contributed by atoms with Gasteiger partial charge in [-0.15, -0.1) is 0 Å². The van der Waals surface area contributed by atoms with Crippen LogP contribution < -0.4 is 5.32 Å². The second-order valence-corrected chi connectivity index (χ2v) is 6.52. The molecular weight excluding hydrogens is 340 g/mol. The molecule has 0 bridgehead atoms. The molecule has 7 nitrogen and oxygen atoms in total. The highest BCUT2D eigenvalue weighted by atomic mass is 35.5. The third-order valence-corrected chi connectivity index (χ3v) is 4.12. The maximum atomic E-state index is 9.11. The van der Waals surface area contributed by atoms with E-state index < -0.39 is 5.54 Å². The summed E-state index contributed by atoms with van der Waals surface area (Å²) in [6, 6.07) is 3.60. The monoisotopic (exact) mass is 358 g/mol. The predicted molar refractivity (Wildman–Crippen MR) is 96.3 cm³/mol. The van der Waals surface area contributed by atoms with Crippen LogP contribution in [0.2, 0.25) is 5.02 Å². The molecule has 8 heteroatoms. The van der Waals surface area contributed by atoms with Crippen molar-refractivity contribution >= 4 is 17.5 Å². The summed E-state index contributed by atoms with van der Waals surface area (Å²) in [6.07, 6.45) is 7.35. The molecule has 0 amide bonds. The van der Waals surface area contributed by atoms with Crippen molar-refractivity contribution in [2.75, 3.05) is 11.9 Å². The number of pyridine rings is 1. The summed E-state index contributed by atoms with van der Waals surface area (Å²) in [5.74, 6) is 0.475. The number of halogens is 1. The Balaban J connectivity index is 1.81. The normalized spacial score (nSPS) is 11.5. The molecule has 3 aromatic rings. The summed E-state index contributed by atoms with van der Waals surface area (Å²) in [4.78, 5) is 13.1. The van der Waals surface area contributed by atoms with Gasteiger partial charge >= 0.3 is 0 Å². The Morgan fingerprint density at radius 3 is 2.64 bits per heavy atom. The number of hydrogen-bond acceptors (Lipinski definition) is 6. The van der Waals surface area contributed by atoms with E-state index in [9.17, 15) is 0 Å². The van der Waals surface area contributed by atoms with Crippen LogP contribution in [-0.2, 0) is 12.0 Å². The number of aromatic amines is 1. The van der Waals surface area contributed by atoms with Gasteiger partial charge in [0.05, 0.1) is 22.5 Å². The number of hydrogen-bond donors (Lipinski definition) is 3. The Bertz CT molecular complexity index is 846. The molecule has 3 N–H and O–H groups in total. The van der Waals surface area contributed by atoms with E-state index >= 15 is 0 Å². The highest BCUT2D eigenvalue weighted by molar-refractivity contribution is 6.31. The van der Waals surface area contributed by atoms with E-state index in [0.29, 0.717) is 17.4 Å². The highest BCUT2D eigenvalue weighted by Gasteiger charge is 2.25. The maximum absolute atomic E-state index is 9.11. The van der Waals surface area contributed by atoms with Crippen LogP contribution in [0, 0.1) is 0 Å². The number of H-pyrrole nitrogens is 1. The summed E-state index contributed by atoms with van der Waals surface area (Å²) in [6.45, 7) is 3.98. The maximum Gasteiger partial charge on any atom is 0.223 e. The Labute approximate surface area is 150 Å². The fraction of sp³-hybridized carbons (Fsp3) is 0.294. The van der Waals surface area contributed by atoms with Crippen molar-refractivity contribution in [2.24, 2.45) is 0 Å². The number of anilines is 1. The van der Waals surface area contributed by atoms with Crippen molar-refractivity contribution in [3.8, 4) is 11.1 Å². The van der Waals surface area contributed by atoms with Crippen molar-refractivity contribution in [2.45, 2.75) is 25.8 Å². The lowest BCUT2D eigenvalue weighted by atomic mass is 10.00. The Kier molecular flexibility index (Phi) is 4.96. The molecule has 0 aliphatic heterocycles. The van der Waals surface area contributed by atoms with Crippen LogP contribution >= 0.6 is 11.6 Å². The Morgan fingerprint density at radius 1 is 1.20 bits per heavy atom. The summed E-state index contributed by atoms with van der Waals surface area (Å²) in [5.41, 5.74) is 2.76. The summed E-state index contributed by atoms with van der Waals surface area (Å²) in [5, 5.41) is 19.8. The van der Waals surface area contributed by atoms with Gasteiger partial charge in [0.1, 0.15) is 0 Å². The summed E-state index contributed by atoms with van der Waals surface area (Å²) < 4.78 is 0. The van der Waals surface area contributed by atoms with E-state index in [2.05, 4.69) is 30.5 Å². The van der Waals surface area contributed by atoms with Gasteiger partial charge in [0.2, 0.25) is 5.95 Å². The van der Waals surface area contributed by atoms with Crippen LogP contribution in [0.15, 0.2) is 36.9 Å². The standard InChI is InChI=1S/C17H19ClN6O/c1-17(2,15-13(18)4-3-6-19-15)23-16-20-8-11(9-21-16)12-10-22-24-14(12)5-7-25/h3-4,6,8-10,25H,5,7H2,1-2H3,(H,22,24)(H,20,21,23). The lowest BCUT2D eigenvalue weighted by molar-refractivity contribution is 0.298. The van der Waals surface area contributed by atoms with Gasteiger partial charge in [-0.1, -0.05) is 11.6 Å². The molecule has 0 aliphatic carbocycles. The number of rotatable bonds is 6. The lowest BCUT2D eigenvalue weighted by Crippen LogP contribution is -2.30. The molecule has 3 rings (SSSR count). The summed E-state index contributed by atoms with van der Waals surface area (Å²) in [7, 11) is 0. The molecule has 0 unspecified atom stereocenters. The fourth-order valence-electron chi connectivity index (χ4n) is 2.58. The zero-order chi connectivity index (χ0) is 17.9. The van der Waals surface area contributed by atoms with E-state index in [1.54, 1.807) is 36.9 Å². The molecule has 0 spiro atoms. The molecule has 25 heavy (non-hydrogen) atoms. The van der Waals surface area contributed by atoms with Gasteiger partial charge < -0.3 is 10.4 Å². The zero-order valence-corrected chi connectivity index (χ0v) is 14.7. The van der Waals surface area contributed by atoms with Crippen LogP contribution in [0.1, 0.15) is 25.2 Å². The Hall–Kier alpha value is -2.51. The molecule has 0 atom stereocenters. The molecule has 130 valence electrons. The quantitative estimate of drug-likeness (QED) is 0.626. The van der Waals surface area contributed by atoms with Gasteiger partial charge in [-0.2, -0.15) is 5.10 Å². The van der Waals surface area contributed by atoms with Gasteiger partial charge in [0.15, 0.2) is 0 Å². The molecule has 0 saturated carbocycles. The average molecular weight is 359 g/mol. The van der Waals surface area contributed by atoms with E-state index in [-0.39, 0.29) is 6.61 Å². The van der Waals surface area contributed by atoms with Gasteiger partial charge in [-0.05, 0) is 26.0 Å². The van der Waals surface area contributed by atoms with E-state index in [0.717, 1.165) is 22.5 Å². The molecular formula is C17H19ClN6O. The first-order valence-electron chi connectivity index (χ1n) is 7.86. The second kappa shape index (κ2) is 7.16. The van der Waals surface area contributed by atoms with Gasteiger partial charge in [0.25, 0.3) is 0 Å². The minimum atomic E-state index is -0.530. The minimum Gasteiger partial charge on any atom is -0.396 e. The van der Waals surface area contributed by atoms with Crippen molar-refractivity contribution in [1.29, 1.82) is 0 Å². The molecule has 0 fully saturated rings. The molecule has 0 saturated heterocycles. The molecule has 0 aliphatic rings. The topological polar surface area (TPSA) is 99.6 Å². The number of aliphatic hydroxyl groups is 1. The fourth-order valence-corrected chi connectivity index (χ4v) is 2.94. The largest absolute Gasteiger partial charge is 0.396 e. The van der Waals surface area contributed by atoms with Gasteiger partial charge in [-0.25, -0.2) is 9.97 Å². The highest BCUT2D eigenvalue weighted by Crippen LogP contribution is 2.28. The van der Waals surface area contributed by atoms with Gasteiger partial charge in [-0.3, -0.25) is 10.1 Å². The van der Waals surface area contributed by atoms with Crippen molar-refractivity contribution in [1.82, 2.24) is 25.1 Å². The van der Waals surface area contributed by atoms with Crippen LogP contribution in [0.4, 0.5) is 5.95 Å². The number of nitrogens with one attached hydrogen (secondary N) is 2. The second-order valence-electron chi connectivity index (χ2n) is 6.12. The van der Waals surface area contributed by atoms with Crippen LogP contribution in [0.3, 0.4) is 0 Å². The first kappa shape index (κ1) is 17.3. The number of nitrogens with zero attached hydrogens (tertiary/aromatic N) is 4. The third kappa shape index (κ3) is 3.78. The number of aromatic nitrogens is 5. The van der Waals surface area contributed by atoms with Crippen molar-refractivity contribution < 1.29 is 5.11 Å². The van der Waals surface area contributed by atoms with E-state index in [4.69, 9.17) is 16.7 Å². The zero-order valence-electron chi connectivity index (χ0n) is 14.0. The number of aliphatic hydroxyl groups excluding tert-OH is 1. The van der Waals surface area contributed by atoms with E-state index in [1.807, 2.05) is 13.8 Å². The average Bonchev–Trinajstić information content (AvgIpc) is 3.04. The van der Waals surface area contributed by atoms with Crippen LogP contribution in [0.25, 0.3) is 11.1 Å². The SMILES string of the molecule is CC(C)(Nc1ncc(-c2cn[nH]c2CCO)cn1)c1ncccc1Cl. The Morgan fingerprint density at radius 2 is 1.96 bits per heavy atom. The van der Waals surface area contributed by atoms with E-state index in [1.165, 1.54) is 0 Å². The molecule has 0 radical (unpaired) electrons. The molecule has 0 aromatic carbocycles. The van der Waals surface area contributed by atoms with Crippen LogP contribution in [0.5, 0.6) is 0 Å². The summed E-state index contributed by atoms with van der Waals surface area (Å²) >= 11 is 6.24. The minimum absolute atomic E-state index is 0.0503.